The van der Waals surface area contributed by atoms with E-state index < -0.39 is 0 Å². The summed E-state index contributed by atoms with van der Waals surface area (Å²) in [6, 6.07) is 0. The second-order valence-electron chi connectivity index (χ2n) is 2.51. The Bertz CT molecular complexity index is 339. The zero-order chi connectivity index (χ0) is 8.39. The molecule has 0 nitrogen and oxygen atoms in total. The van der Waals surface area contributed by atoms with E-state index in [9.17, 15) is 0 Å². The predicted octanol–water partition coefficient (Wildman–Crippen LogP) is 3.82. The minimum Gasteiger partial charge on any atom is -0.114 e. The average Bonchev–Trinajstić information content (AvgIpc) is 2.54. The second-order valence-corrected chi connectivity index (χ2v) is 4.65. The molecule has 2 heterocycles. The maximum Gasteiger partial charge on any atom is 0.0265 e. The van der Waals surface area contributed by atoms with Crippen LogP contribution in [0.5, 0.6) is 0 Å². The molecule has 0 aromatic carbocycles. The van der Waals surface area contributed by atoms with Crippen LogP contribution in [0.4, 0.5) is 0 Å². The van der Waals surface area contributed by atoms with E-state index in [0.717, 1.165) is 6.42 Å². The number of thioether (sulfide) groups is 2. The van der Waals surface area contributed by atoms with Crippen LogP contribution in [-0.4, -0.2) is 0 Å². The van der Waals surface area contributed by atoms with Crippen LogP contribution in [0.3, 0.4) is 0 Å². The molecule has 0 saturated carbocycles. The van der Waals surface area contributed by atoms with Crippen molar-refractivity contribution in [2.75, 3.05) is 0 Å². The van der Waals surface area contributed by atoms with E-state index in [1.165, 1.54) is 14.7 Å². The first-order valence-electron chi connectivity index (χ1n) is 3.70. The molecule has 0 aliphatic carbocycles. The topological polar surface area (TPSA) is 0 Å². The standard InChI is InChI=1S/C10H8S2/c1-8-5-6-10(12-8)9-4-2-3-7-11-9/h2,4,6-7H,1,5H2. The molecule has 2 aliphatic heterocycles. The van der Waals surface area contributed by atoms with Crippen molar-refractivity contribution in [2.45, 2.75) is 6.42 Å². The van der Waals surface area contributed by atoms with Gasteiger partial charge in [0, 0.05) is 15.2 Å². The molecule has 60 valence electrons. The Labute approximate surface area is 80.8 Å². The van der Waals surface area contributed by atoms with E-state index in [4.69, 9.17) is 0 Å². The van der Waals surface area contributed by atoms with Crippen LogP contribution in [0.15, 0.2) is 50.7 Å². The highest BCUT2D eigenvalue weighted by molar-refractivity contribution is 8.11. The molecule has 0 atom stereocenters. The Kier molecular flexibility index (Phi) is 2.31. The van der Waals surface area contributed by atoms with Gasteiger partial charge in [0.25, 0.3) is 0 Å². The second kappa shape index (κ2) is 3.44. The maximum absolute atomic E-state index is 3.94. The highest BCUT2D eigenvalue weighted by Gasteiger charge is 2.13. The Morgan fingerprint density at radius 3 is 2.92 bits per heavy atom. The molecule has 0 bridgehead atoms. The Morgan fingerprint density at radius 1 is 1.42 bits per heavy atom. The summed E-state index contributed by atoms with van der Waals surface area (Å²) in [5.41, 5.74) is 3.03. The van der Waals surface area contributed by atoms with E-state index in [1.807, 2.05) is 11.5 Å². The first kappa shape index (κ1) is 8.06. The van der Waals surface area contributed by atoms with Gasteiger partial charge in [-0.25, -0.2) is 0 Å². The molecule has 2 rings (SSSR count). The minimum absolute atomic E-state index is 1.02. The Balaban J connectivity index is 2.17. The lowest BCUT2D eigenvalue weighted by Crippen LogP contribution is -1.76. The summed E-state index contributed by atoms with van der Waals surface area (Å²) in [6.45, 7) is 3.94. The van der Waals surface area contributed by atoms with Gasteiger partial charge in [-0.3, -0.25) is 0 Å². The largest absolute Gasteiger partial charge is 0.114 e. The normalized spacial score (nSPS) is 21.2. The van der Waals surface area contributed by atoms with Gasteiger partial charge >= 0.3 is 0 Å². The van der Waals surface area contributed by atoms with Gasteiger partial charge in [-0.2, -0.15) is 0 Å². The summed E-state index contributed by atoms with van der Waals surface area (Å²) in [5, 5.41) is 1.98. The lowest BCUT2D eigenvalue weighted by atomic mass is 10.3. The van der Waals surface area contributed by atoms with Crippen molar-refractivity contribution in [3.05, 3.63) is 50.7 Å². The molecular formula is C10H8S2. The van der Waals surface area contributed by atoms with Gasteiger partial charge in [-0.1, -0.05) is 36.2 Å². The third kappa shape index (κ3) is 1.61. The van der Waals surface area contributed by atoms with Crippen LogP contribution < -0.4 is 0 Å². The Morgan fingerprint density at radius 2 is 2.33 bits per heavy atom. The summed E-state index contributed by atoms with van der Waals surface area (Å²) < 4.78 is 0. The van der Waals surface area contributed by atoms with Gasteiger partial charge < -0.3 is 0 Å². The van der Waals surface area contributed by atoms with Crippen LogP contribution in [0.1, 0.15) is 6.42 Å². The van der Waals surface area contributed by atoms with Crippen LogP contribution >= 0.6 is 23.5 Å². The van der Waals surface area contributed by atoms with E-state index in [0.29, 0.717) is 0 Å². The van der Waals surface area contributed by atoms with Crippen LogP contribution in [0, 0.1) is 0 Å². The van der Waals surface area contributed by atoms with Crippen LogP contribution in [0.25, 0.3) is 0 Å². The quantitative estimate of drug-likeness (QED) is 0.579. The molecule has 0 unspecified atom stereocenters. The molecule has 0 aromatic heterocycles. The van der Waals surface area contributed by atoms with Crippen molar-refractivity contribution >= 4 is 23.5 Å². The average molecular weight is 192 g/mol. The molecule has 0 amide bonds. The first-order valence-corrected chi connectivity index (χ1v) is 5.40. The van der Waals surface area contributed by atoms with Crippen molar-refractivity contribution in [3.63, 3.8) is 0 Å². The summed E-state index contributed by atoms with van der Waals surface area (Å²) in [4.78, 5) is 3.90. The van der Waals surface area contributed by atoms with Crippen LogP contribution in [-0.2, 0) is 0 Å². The summed E-state index contributed by atoms with van der Waals surface area (Å²) >= 11 is 3.51. The number of allylic oxidation sites excluding steroid dienone is 4. The molecule has 2 aliphatic rings. The highest BCUT2D eigenvalue weighted by Crippen LogP contribution is 2.43. The predicted molar refractivity (Wildman–Crippen MR) is 57.8 cm³/mol. The van der Waals surface area contributed by atoms with Crippen molar-refractivity contribution in [3.8, 4) is 0 Å². The van der Waals surface area contributed by atoms with Gasteiger partial charge in [0.1, 0.15) is 0 Å². The zero-order valence-electron chi connectivity index (χ0n) is 6.54. The molecule has 0 N–H and O–H groups in total. The monoisotopic (exact) mass is 192 g/mol. The number of rotatable bonds is 1. The zero-order valence-corrected chi connectivity index (χ0v) is 8.17. The fraction of sp³-hybridized carbons (Fsp3) is 0.100. The molecule has 0 saturated heterocycles. The minimum atomic E-state index is 1.02. The van der Waals surface area contributed by atoms with Gasteiger partial charge in [0.05, 0.1) is 0 Å². The van der Waals surface area contributed by atoms with Crippen molar-refractivity contribution in [1.29, 1.82) is 0 Å². The SMILES string of the molecule is C=C1CC=C(C2=CC=C=CS2)S1. The summed E-state index contributed by atoms with van der Waals surface area (Å²) in [5.74, 6) is 0. The van der Waals surface area contributed by atoms with Gasteiger partial charge in [-0.15, -0.1) is 5.73 Å². The van der Waals surface area contributed by atoms with Gasteiger partial charge in [0.15, 0.2) is 0 Å². The fourth-order valence-electron chi connectivity index (χ4n) is 1.04. The van der Waals surface area contributed by atoms with Gasteiger partial charge in [0.2, 0.25) is 0 Å². The molecular weight excluding hydrogens is 184 g/mol. The molecule has 0 spiro atoms. The Hall–Kier alpha value is -0.560. The fourth-order valence-corrected chi connectivity index (χ4v) is 2.74. The lowest BCUT2D eigenvalue weighted by Gasteiger charge is -2.04. The first-order chi connectivity index (χ1) is 5.86. The molecule has 0 aromatic rings. The van der Waals surface area contributed by atoms with E-state index >= 15 is 0 Å². The van der Waals surface area contributed by atoms with E-state index in [2.05, 4.69) is 24.5 Å². The lowest BCUT2D eigenvalue weighted by molar-refractivity contribution is 1.40. The van der Waals surface area contributed by atoms with Gasteiger partial charge in [-0.05, 0) is 23.5 Å². The smallest absolute Gasteiger partial charge is 0.0265 e. The summed E-state index contributed by atoms with van der Waals surface area (Å²) in [6.07, 6.45) is 7.31. The van der Waals surface area contributed by atoms with Crippen LogP contribution in [0.2, 0.25) is 0 Å². The third-order valence-electron chi connectivity index (χ3n) is 1.60. The van der Waals surface area contributed by atoms with E-state index in [1.54, 1.807) is 23.5 Å². The van der Waals surface area contributed by atoms with E-state index in [-0.39, 0.29) is 0 Å². The van der Waals surface area contributed by atoms with Crippen molar-refractivity contribution in [1.82, 2.24) is 0 Å². The third-order valence-corrected chi connectivity index (χ3v) is 3.65. The highest BCUT2D eigenvalue weighted by atomic mass is 32.2. The molecule has 12 heavy (non-hydrogen) atoms. The number of hydrogen-bond donors (Lipinski definition) is 0. The molecule has 0 radical (unpaired) electrons. The number of hydrogen-bond acceptors (Lipinski definition) is 2. The molecule has 2 heteroatoms. The van der Waals surface area contributed by atoms with Crippen molar-refractivity contribution < 1.29 is 0 Å². The molecule has 0 fully saturated rings. The maximum atomic E-state index is 3.94. The van der Waals surface area contributed by atoms with Crippen molar-refractivity contribution in [2.24, 2.45) is 0 Å². The summed E-state index contributed by atoms with van der Waals surface area (Å²) in [7, 11) is 0.